The topological polar surface area (TPSA) is 55.9 Å². The van der Waals surface area contributed by atoms with E-state index in [1.807, 2.05) is 36.4 Å². The van der Waals surface area contributed by atoms with Crippen molar-refractivity contribution in [2.45, 2.75) is 38.4 Å². The maximum atomic E-state index is 13.7. The first-order chi connectivity index (χ1) is 15.7. The van der Waals surface area contributed by atoms with Crippen molar-refractivity contribution in [3.05, 3.63) is 71.3 Å². The fourth-order valence-corrected chi connectivity index (χ4v) is 4.84. The van der Waals surface area contributed by atoms with Crippen LogP contribution >= 0.6 is 0 Å². The van der Waals surface area contributed by atoms with Crippen LogP contribution in [0.25, 0.3) is 0 Å². The molecule has 1 unspecified atom stereocenters. The summed E-state index contributed by atoms with van der Waals surface area (Å²) in [7, 11) is 1.64. The molecule has 4 rings (SSSR count). The largest absolute Gasteiger partial charge is 0.357 e. The molecule has 2 aliphatic heterocycles. The number of likely N-dealkylation sites (N-methyl/N-ethyl adjacent to an activating group) is 1. The molecule has 0 bridgehead atoms. The molecule has 2 aromatic rings. The molecule has 0 aromatic heterocycles. The summed E-state index contributed by atoms with van der Waals surface area (Å²) >= 11 is 0. The van der Waals surface area contributed by atoms with Gasteiger partial charge in [-0.3, -0.25) is 19.4 Å². The van der Waals surface area contributed by atoms with E-state index < -0.39 is 6.04 Å². The van der Waals surface area contributed by atoms with E-state index in [1.165, 1.54) is 24.8 Å². The molecule has 2 heterocycles. The van der Waals surface area contributed by atoms with Gasteiger partial charge in [-0.2, -0.15) is 0 Å². The summed E-state index contributed by atoms with van der Waals surface area (Å²) in [5.74, 6) is -0.143. The predicted molar refractivity (Wildman–Crippen MR) is 126 cm³/mol. The first-order valence-electron chi connectivity index (χ1n) is 11.7. The molecule has 0 aliphatic carbocycles. The van der Waals surface area contributed by atoms with Gasteiger partial charge in [0.15, 0.2) is 0 Å². The lowest BCUT2D eigenvalue weighted by Crippen LogP contribution is -2.60. The van der Waals surface area contributed by atoms with Crippen molar-refractivity contribution in [1.29, 1.82) is 0 Å². The molecule has 2 aromatic carbocycles. The zero-order valence-electron chi connectivity index (χ0n) is 19.0. The number of nitrogens with zero attached hydrogens (tertiary/aromatic N) is 3. The van der Waals surface area contributed by atoms with E-state index >= 15 is 0 Å². The van der Waals surface area contributed by atoms with Gasteiger partial charge in [0.1, 0.15) is 6.04 Å². The van der Waals surface area contributed by atoms with Gasteiger partial charge in [-0.15, -0.1) is 0 Å². The number of carbonyl (C=O) groups excluding carboxylic acids is 2. The Labute approximate surface area is 191 Å². The van der Waals surface area contributed by atoms with Crippen LogP contribution in [0, 0.1) is 0 Å². The highest BCUT2D eigenvalue weighted by Gasteiger charge is 2.36. The fraction of sp³-hybridized carbons (Fsp3) is 0.462. The van der Waals surface area contributed by atoms with Gasteiger partial charge in [-0.25, -0.2) is 0 Å². The van der Waals surface area contributed by atoms with Crippen LogP contribution in [-0.4, -0.2) is 72.3 Å². The molecule has 2 aliphatic rings. The Morgan fingerprint density at radius 2 is 1.56 bits per heavy atom. The predicted octanol–water partition coefficient (Wildman–Crippen LogP) is 2.75. The van der Waals surface area contributed by atoms with E-state index in [0.717, 1.165) is 43.9 Å². The van der Waals surface area contributed by atoms with Gasteiger partial charge >= 0.3 is 0 Å². The van der Waals surface area contributed by atoms with Crippen molar-refractivity contribution in [3.8, 4) is 0 Å². The van der Waals surface area contributed by atoms with Crippen LogP contribution in [0.2, 0.25) is 0 Å². The van der Waals surface area contributed by atoms with E-state index in [1.54, 1.807) is 11.9 Å². The van der Waals surface area contributed by atoms with E-state index in [4.69, 9.17) is 0 Å². The smallest absolute Gasteiger partial charge is 0.254 e. The van der Waals surface area contributed by atoms with Crippen LogP contribution in [0.3, 0.4) is 0 Å². The van der Waals surface area contributed by atoms with E-state index in [2.05, 4.69) is 33.3 Å². The number of nitrogens with one attached hydrogen (secondary N) is 1. The maximum Gasteiger partial charge on any atom is 0.254 e. The zero-order chi connectivity index (χ0) is 22.3. The number of piperidine rings is 1. The highest BCUT2D eigenvalue weighted by Crippen LogP contribution is 2.21. The molecule has 0 saturated carbocycles. The van der Waals surface area contributed by atoms with Crippen LogP contribution in [0.1, 0.15) is 40.7 Å². The molecular weight excluding hydrogens is 400 g/mol. The lowest BCUT2D eigenvalue weighted by Gasteiger charge is -2.40. The quantitative estimate of drug-likeness (QED) is 0.760. The minimum Gasteiger partial charge on any atom is -0.357 e. The molecule has 1 N–H and O–H groups in total. The lowest BCUT2D eigenvalue weighted by molar-refractivity contribution is -0.127. The minimum absolute atomic E-state index is 0.0365. The molecule has 6 nitrogen and oxygen atoms in total. The van der Waals surface area contributed by atoms with Crippen LogP contribution in [-0.2, 0) is 17.9 Å². The number of amides is 2. The maximum absolute atomic E-state index is 13.7. The molecule has 0 spiro atoms. The van der Waals surface area contributed by atoms with Gasteiger partial charge in [-0.1, -0.05) is 55.0 Å². The number of hydrogen-bond acceptors (Lipinski definition) is 4. The van der Waals surface area contributed by atoms with Crippen LogP contribution in [0.4, 0.5) is 0 Å². The van der Waals surface area contributed by atoms with Crippen LogP contribution in [0.15, 0.2) is 54.6 Å². The Bertz CT molecular complexity index is 911. The average molecular weight is 435 g/mol. The van der Waals surface area contributed by atoms with Crippen molar-refractivity contribution in [1.82, 2.24) is 20.0 Å². The molecule has 6 heteroatoms. The van der Waals surface area contributed by atoms with Gasteiger partial charge < -0.3 is 10.2 Å². The second kappa shape index (κ2) is 10.7. The molecule has 0 radical (unpaired) electrons. The van der Waals surface area contributed by atoms with Gasteiger partial charge in [0.05, 0.1) is 0 Å². The summed E-state index contributed by atoms with van der Waals surface area (Å²) in [5.41, 5.74) is 3.00. The van der Waals surface area contributed by atoms with Crippen molar-refractivity contribution in [2.75, 3.05) is 39.8 Å². The Balaban J connectivity index is 1.50. The second-order valence-corrected chi connectivity index (χ2v) is 8.84. The van der Waals surface area contributed by atoms with Crippen LogP contribution < -0.4 is 5.32 Å². The Hall–Kier alpha value is -2.70. The highest BCUT2D eigenvalue weighted by molar-refractivity contribution is 5.99. The van der Waals surface area contributed by atoms with Crippen LogP contribution in [0.5, 0.6) is 0 Å². The standard InChI is InChI=1S/C26H34N4O2/c1-27-25(31)24-20-29(18-21-10-4-2-5-11-21)16-17-30(24)26(32)23-13-7-6-12-22(23)19-28-14-8-3-9-15-28/h2,4-7,10-13,24H,3,8-9,14-20H2,1H3,(H,27,31). The third-order valence-corrected chi connectivity index (χ3v) is 6.61. The summed E-state index contributed by atoms with van der Waals surface area (Å²) in [6.45, 7) is 5.57. The Morgan fingerprint density at radius 3 is 2.31 bits per heavy atom. The number of hydrogen-bond donors (Lipinski definition) is 1. The third kappa shape index (κ3) is 5.37. The monoisotopic (exact) mass is 434 g/mol. The molecule has 2 fully saturated rings. The van der Waals surface area contributed by atoms with Gasteiger partial charge in [0.2, 0.25) is 5.91 Å². The molecule has 32 heavy (non-hydrogen) atoms. The van der Waals surface area contributed by atoms with Gasteiger partial charge in [0.25, 0.3) is 5.91 Å². The van der Waals surface area contributed by atoms with E-state index in [9.17, 15) is 9.59 Å². The van der Waals surface area contributed by atoms with E-state index in [-0.39, 0.29) is 11.8 Å². The summed E-state index contributed by atoms with van der Waals surface area (Å²) in [4.78, 5) is 32.9. The summed E-state index contributed by atoms with van der Waals surface area (Å²) in [5, 5.41) is 2.77. The third-order valence-electron chi connectivity index (χ3n) is 6.61. The van der Waals surface area contributed by atoms with Crippen molar-refractivity contribution in [2.24, 2.45) is 0 Å². The first-order valence-corrected chi connectivity index (χ1v) is 11.7. The molecule has 2 amide bonds. The van der Waals surface area contributed by atoms with Gasteiger partial charge in [-0.05, 0) is 43.1 Å². The second-order valence-electron chi connectivity index (χ2n) is 8.84. The lowest BCUT2D eigenvalue weighted by atomic mass is 10.0. The number of rotatable bonds is 6. The fourth-order valence-electron chi connectivity index (χ4n) is 4.84. The van der Waals surface area contributed by atoms with E-state index in [0.29, 0.717) is 13.1 Å². The van der Waals surface area contributed by atoms with Gasteiger partial charge in [0, 0.05) is 45.3 Å². The number of likely N-dealkylation sites (tertiary alicyclic amines) is 1. The SMILES string of the molecule is CNC(=O)C1CN(Cc2ccccc2)CCN1C(=O)c1ccccc1CN1CCCCC1. The zero-order valence-corrected chi connectivity index (χ0v) is 19.0. The highest BCUT2D eigenvalue weighted by atomic mass is 16.2. The average Bonchev–Trinajstić information content (AvgIpc) is 2.85. The van der Waals surface area contributed by atoms with Crippen molar-refractivity contribution < 1.29 is 9.59 Å². The number of carbonyl (C=O) groups is 2. The Morgan fingerprint density at radius 1 is 0.844 bits per heavy atom. The van der Waals surface area contributed by atoms with Crippen molar-refractivity contribution >= 4 is 11.8 Å². The molecule has 2 saturated heterocycles. The first kappa shape index (κ1) is 22.5. The Kier molecular flexibility index (Phi) is 7.55. The minimum atomic E-state index is -0.493. The number of benzene rings is 2. The number of piperazine rings is 1. The molecular formula is C26H34N4O2. The molecule has 170 valence electrons. The summed E-state index contributed by atoms with van der Waals surface area (Å²) in [6.07, 6.45) is 3.73. The van der Waals surface area contributed by atoms with Crippen molar-refractivity contribution in [3.63, 3.8) is 0 Å². The molecule has 1 atom stereocenters. The summed E-state index contributed by atoms with van der Waals surface area (Å²) in [6, 6.07) is 17.7. The summed E-state index contributed by atoms with van der Waals surface area (Å²) < 4.78 is 0. The normalized spacial score (nSPS) is 20.2.